The molecule has 0 unspecified atom stereocenters. The number of nitrogens with one attached hydrogen (secondary N) is 1. The molecule has 1 N–H and O–H groups in total. The first-order valence-electron chi connectivity index (χ1n) is 10.1. The Kier molecular flexibility index (Phi) is 2.58. The van der Waals surface area contributed by atoms with Crippen LogP contribution in [0.5, 0.6) is 0 Å². The van der Waals surface area contributed by atoms with E-state index in [4.69, 9.17) is 14.8 Å². The molecule has 23 heavy (non-hydrogen) atoms. The molecule has 0 spiro atoms. The number of fused-ring (bicyclic) bond motifs is 1. The van der Waals surface area contributed by atoms with Crippen LogP contribution in [0, 0.1) is 12.5 Å². The lowest BCUT2D eigenvalue weighted by atomic mass is 9.92. The van der Waals surface area contributed by atoms with Gasteiger partial charge < -0.3 is 19.6 Å². The van der Waals surface area contributed by atoms with Crippen molar-refractivity contribution < 1.29 is 13.0 Å². The van der Waals surface area contributed by atoms with Crippen molar-refractivity contribution in [3.05, 3.63) is 30.0 Å². The first-order valence-corrected chi connectivity index (χ1v) is 7.12. The summed E-state index contributed by atoms with van der Waals surface area (Å²) in [6.45, 7) is 1.25. The van der Waals surface area contributed by atoms with Crippen LogP contribution in [0.4, 0.5) is 5.82 Å². The van der Waals surface area contributed by atoms with Gasteiger partial charge in [0.25, 0.3) is 6.50 Å². The van der Waals surface area contributed by atoms with E-state index in [-0.39, 0.29) is 19.5 Å². The number of anilines is 1. The SMILES string of the molecule is [2H]C([2H])([N+]#[C-])C(=O)N1CC[C@@H](C([2H])([2H])[2H])[C@@]([2H])(N(C)c2ncnc3[nH]ccc23)C1. The van der Waals surface area contributed by atoms with E-state index in [2.05, 4.69) is 19.8 Å². The van der Waals surface area contributed by atoms with Crippen LogP contribution >= 0.6 is 0 Å². The molecule has 1 saturated heterocycles. The van der Waals surface area contributed by atoms with E-state index in [0.29, 0.717) is 16.9 Å². The van der Waals surface area contributed by atoms with E-state index in [1.807, 2.05) is 0 Å². The third kappa shape index (κ3) is 2.84. The summed E-state index contributed by atoms with van der Waals surface area (Å²) in [6.07, 6.45) is 2.91. The number of carbonyl (C=O) groups excluding carboxylic acids is 1. The lowest BCUT2D eigenvalue weighted by Gasteiger charge is -2.41. The van der Waals surface area contributed by atoms with Crippen molar-refractivity contribution in [2.75, 3.05) is 31.5 Å². The number of likely N-dealkylation sites (N-methyl/N-ethyl adjacent to an activating group) is 1. The molecule has 3 rings (SSSR count). The zero-order chi connectivity index (χ0) is 21.6. The Morgan fingerprint density at radius 2 is 2.61 bits per heavy atom. The van der Waals surface area contributed by atoms with Gasteiger partial charge in [-0.2, -0.15) is 0 Å². The zero-order valence-electron chi connectivity index (χ0n) is 18.6. The second-order valence-corrected chi connectivity index (χ2v) is 5.28. The van der Waals surface area contributed by atoms with Crippen LogP contribution in [-0.2, 0) is 4.79 Å². The Balaban J connectivity index is 2.05. The van der Waals surface area contributed by atoms with Crippen molar-refractivity contribution in [2.45, 2.75) is 19.3 Å². The Bertz CT molecular complexity index is 969. The average molecular weight is 318 g/mol. The van der Waals surface area contributed by atoms with Gasteiger partial charge in [0, 0.05) is 30.4 Å². The number of carbonyl (C=O) groups is 1. The number of piperidine rings is 1. The number of H-pyrrole nitrogens is 1. The second-order valence-electron chi connectivity index (χ2n) is 5.28. The van der Waals surface area contributed by atoms with Crippen LogP contribution in [-0.4, -0.2) is 58.4 Å². The van der Waals surface area contributed by atoms with Crippen LogP contribution in [0.15, 0.2) is 18.6 Å². The number of hydrogen-bond acceptors (Lipinski definition) is 4. The first-order chi connectivity index (χ1) is 13.4. The molecule has 0 aliphatic carbocycles. The third-order valence-corrected chi connectivity index (χ3v) is 3.96. The molecule has 0 bridgehead atoms. The standard InChI is InChI=1S/C16H20N6O/c1-11-5-7-22(14(23)8-17-2)9-13(11)21(3)16-12-4-6-18-15(12)19-10-20-16/h4,6,10-11,13H,5,7-9H2,1,3H3,(H,18,19,20)/t11-,13+/m1/s1/i1D3,8D2,13D. The molecule has 120 valence electrons. The fourth-order valence-electron chi connectivity index (χ4n) is 2.73. The predicted molar refractivity (Wildman–Crippen MR) is 87.9 cm³/mol. The summed E-state index contributed by atoms with van der Waals surface area (Å²) in [7, 11) is 1.53. The first kappa shape index (κ1) is 9.50. The highest BCUT2D eigenvalue weighted by molar-refractivity contribution is 5.87. The van der Waals surface area contributed by atoms with Crippen LogP contribution in [0.3, 0.4) is 0 Å². The fraction of sp³-hybridized carbons (Fsp3) is 0.500. The Labute approximate surface area is 143 Å². The predicted octanol–water partition coefficient (Wildman–Crippen LogP) is 1.55. The van der Waals surface area contributed by atoms with Crippen molar-refractivity contribution in [2.24, 2.45) is 5.92 Å². The lowest BCUT2D eigenvalue weighted by Crippen LogP contribution is -2.53. The quantitative estimate of drug-likeness (QED) is 0.872. The molecule has 2 aromatic heterocycles. The molecular weight excluding hydrogens is 292 g/mol. The highest BCUT2D eigenvalue weighted by Crippen LogP contribution is 2.28. The molecule has 0 radical (unpaired) electrons. The van der Waals surface area contributed by atoms with Gasteiger partial charge in [-0.05, 0) is 18.4 Å². The summed E-state index contributed by atoms with van der Waals surface area (Å²) in [5.41, 5.74) is 0.518. The molecule has 7 nitrogen and oxygen atoms in total. The number of amides is 1. The van der Waals surface area contributed by atoms with Crippen LogP contribution in [0.25, 0.3) is 15.9 Å². The Morgan fingerprint density at radius 1 is 1.74 bits per heavy atom. The van der Waals surface area contributed by atoms with E-state index >= 15 is 0 Å². The van der Waals surface area contributed by atoms with Gasteiger partial charge in [0.2, 0.25) is 0 Å². The molecule has 2 aromatic rings. The van der Waals surface area contributed by atoms with Gasteiger partial charge in [-0.3, -0.25) is 4.79 Å². The largest absolute Gasteiger partial charge is 0.354 e. The minimum absolute atomic E-state index is 0.0362. The molecule has 7 heteroatoms. The van der Waals surface area contributed by atoms with Crippen molar-refractivity contribution in [3.8, 4) is 0 Å². The van der Waals surface area contributed by atoms with E-state index in [9.17, 15) is 4.79 Å². The van der Waals surface area contributed by atoms with E-state index in [1.54, 1.807) is 12.3 Å². The maximum absolute atomic E-state index is 12.5. The minimum atomic E-state index is -2.77. The molecular formula is C16H20N6O. The highest BCUT2D eigenvalue weighted by atomic mass is 16.2. The zero-order valence-corrected chi connectivity index (χ0v) is 12.6. The van der Waals surface area contributed by atoms with Gasteiger partial charge in [-0.1, -0.05) is 6.85 Å². The normalized spacial score (nSPS) is 29.4. The maximum atomic E-state index is 12.5. The second kappa shape index (κ2) is 6.24. The van der Waals surface area contributed by atoms with Crippen molar-refractivity contribution in [1.82, 2.24) is 19.9 Å². The van der Waals surface area contributed by atoms with E-state index in [0.717, 1.165) is 4.90 Å². The molecule has 2 atom stereocenters. The van der Waals surface area contributed by atoms with Gasteiger partial charge >= 0.3 is 5.91 Å². The van der Waals surface area contributed by atoms with E-state index in [1.165, 1.54) is 18.3 Å². The number of aromatic nitrogens is 3. The average Bonchev–Trinajstić information content (AvgIpc) is 3.14. The molecule has 1 aliphatic rings. The van der Waals surface area contributed by atoms with Crippen molar-refractivity contribution >= 4 is 22.8 Å². The highest BCUT2D eigenvalue weighted by Gasteiger charge is 2.33. The topological polar surface area (TPSA) is 69.5 Å². The van der Waals surface area contributed by atoms with Crippen molar-refractivity contribution in [1.29, 1.82) is 0 Å². The summed E-state index contributed by atoms with van der Waals surface area (Å²) in [4.78, 5) is 28.9. The third-order valence-electron chi connectivity index (χ3n) is 3.96. The Morgan fingerprint density at radius 3 is 3.39 bits per heavy atom. The summed E-state index contributed by atoms with van der Waals surface area (Å²) >= 11 is 0. The van der Waals surface area contributed by atoms with Gasteiger partial charge in [0.1, 0.15) is 20.5 Å². The number of likely N-dealkylation sites (tertiary alicyclic amines) is 1. The van der Waals surface area contributed by atoms with Crippen molar-refractivity contribution in [3.63, 3.8) is 0 Å². The molecule has 1 aliphatic heterocycles. The summed E-state index contributed by atoms with van der Waals surface area (Å²) in [5, 5.41) is 0.589. The summed E-state index contributed by atoms with van der Waals surface area (Å²) in [5.74, 6) is -1.87. The van der Waals surface area contributed by atoms with E-state index < -0.39 is 31.2 Å². The van der Waals surface area contributed by atoms with Gasteiger partial charge in [0.05, 0.1) is 12.8 Å². The molecule has 3 heterocycles. The van der Waals surface area contributed by atoms with Crippen LogP contribution in [0.1, 0.15) is 21.5 Å². The molecule has 1 fully saturated rings. The fourth-order valence-corrected chi connectivity index (χ4v) is 2.73. The number of nitrogens with zero attached hydrogens (tertiary/aromatic N) is 5. The Hall–Kier alpha value is -2.62. The van der Waals surface area contributed by atoms with Gasteiger partial charge in [0.15, 0.2) is 0 Å². The summed E-state index contributed by atoms with van der Waals surface area (Å²) in [6, 6.07) is -0.117. The maximum Gasteiger partial charge on any atom is 0.302 e. The smallest absolute Gasteiger partial charge is 0.302 e. The summed E-state index contributed by atoms with van der Waals surface area (Å²) < 4.78 is 48.0. The lowest BCUT2D eigenvalue weighted by molar-refractivity contribution is -0.130. The molecule has 0 saturated carbocycles. The minimum Gasteiger partial charge on any atom is -0.354 e. The van der Waals surface area contributed by atoms with Gasteiger partial charge in [-0.25, -0.2) is 16.5 Å². The number of hydrogen-bond donors (Lipinski definition) is 1. The van der Waals surface area contributed by atoms with Crippen LogP contribution < -0.4 is 4.90 Å². The number of aromatic amines is 1. The monoisotopic (exact) mass is 318 g/mol. The number of rotatable bonds is 3. The van der Waals surface area contributed by atoms with Crippen LogP contribution in [0.2, 0.25) is 0 Å². The molecule has 0 aromatic carbocycles. The van der Waals surface area contributed by atoms with Gasteiger partial charge in [-0.15, -0.1) is 0 Å². The molecule has 1 amide bonds.